The van der Waals surface area contributed by atoms with E-state index < -0.39 is 0 Å². The summed E-state index contributed by atoms with van der Waals surface area (Å²) in [5, 5.41) is 6.79. The molecule has 24 heavy (non-hydrogen) atoms. The summed E-state index contributed by atoms with van der Waals surface area (Å²) in [6, 6.07) is 0. The van der Waals surface area contributed by atoms with E-state index >= 15 is 0 Å². The van der Waals surface area contributed by atoms with Crippen LogP contribution in [0.3, 0.4) is 0 Å². The Morgan fingerprint density at radius 2 is 2.12 bits per heavy atom. The van der Waals surface area contributed by atoms with Crippen molar-refractivity contribution in [2.75, 3.05) is 5.32 Å². The average molecular weight is 324 g/mol. The van der Waals surface area contributed by atoms with E-state index in [9.17, 15) is 4.79 Å². The number of furan rings is 1. The van der Waals surface area contributed by atoms with E-state index in [0.29, 0.717) is 33.9 Å². The third-order valence-electron chi connectivity index (χ3n) is 4.09. The fourth-order valence-corrected chi connectivity index (χ4v) is 2.49. The molecular formula is C18H20N4O2. The predicted octanol–water partition coefficient (Wildman–Crippen LogP) is 3.48. The molecule has 1 amide bonds. The van der Waals surface area contributed by atoms with Crippen LogP contribution >= 0.6 is 0 Å². The van der Waals surface area contributed by atoms with Crippen molar-refractivity contribution in [1.82, 2.24) is 15.3 Å². The Bertz CT molecular complexity index is 859. The lowest BCUT2D eigenvalue weighted by atomic mass is 10.1. The minimum absolute atomic E-state index is 0.0230. The van der Waals surface area contributed by atoms with Crippen molar-refractivity contribution >= 4 is 22.8 Å². The van der Waals surface area contributed by atoms with Crippen LogP contribution in [-0.4, -0.2) is 21.4 Å². The summed E-state index contributed by atoms with van der Waals surface area (Å²) in [4.78, 5) is 21.2. The molecule has 0 saturated heterocycles. The highest BCUT2D eigenvalue weighted by molar-refractivity contribution is 6.10. The summed E-state index contributed by atoms with van der Waals surface area (Å²) in [6.45, 7) is 11.2. The number of nitrogens with zero attached hydrogens (tertiary/aromatic N) is 2. The Balaban J connectivity index is 2.04. The van der Waals surface area contributed by atoms with Crippen molar-refractivity contribution in [2.45, 2.75) is 32.2 Å². The molecule has 2 N–H and O–H groups in total. The van der Waals surface area contributed by atoms with Gasteiger partial charge in [0.15, 0.2) is 0 Å². The number of allylic oxidation sites excluding steroid dienone is 3. The first-order chi connectivity index (χ1) is 11.5. The molecule has 6 heteroatoms. The number of rotatable bonds is 6. The third-order valence-corrected chi connectivity index (χ3v) is 4.09. The highest BCUT2D eigenvalue weighted by Gasteiger charge is 2.38. The Morgan fingerprint density at radius 3 is 2.75 bits per heavy atom. The molecule has 0 aliphatic heterocycles. The van der Waals surface area contributed by atoms with E-state index in [-0.39, 0.29) is 11.4 Å². The van der Waals surface area contributed by atoms with Crippen molar-refractivity contribution in [3.05, 3.63) is 54.7 Å². The zero-order valence-corrected chi connectivity index (χ0v) is 13.8. The SMILES string of the molecule is C=C/C=C(\C=C)NC(=O)c1c(C)oc2ncnc(NC3(C)CC3)c12. The van der Waals surface area contributed by atoms with Crippen LogP contribution in [0.5, 0.6) is 0 Å². The van der Waals surface area contributed by atoms with Crippen molar-refractivity contribution in [3.63, 3.8) is 0 Å². The van der Waals surface area contributed by atoms with E-state index in [1.54, 1.807) is 25.2 Å². The maximum Gasteiger partial charge on any atom is 0.260 e. The second-order valence-electron chi connectivity index (χ2n) is 6.14. The van der Waals surface area contributed by atoms with Gasteiger partial charge in [0.2, 0.25) is 5.71 Å². The normalized spacial score (nSPS) is 15.8. The first kappa shape index (κ1) is 16.0. The lowest BCUT2D eigenvalue weighted by Gasteiger charge is -2.13. The lowest BCUT2D eigenvalue weighted by Crippen LogP contribution is -2.23. The van der Waals surface area contributed by atoms with Gasteiger partial charge in [0.25, 0.3) is 5.91 Å². The summed E-state index contributed by atoms with van der Waals surface area (Å²) in [5.74, 6) is 0.821. The van der Waals surface area contributed by atoms with Gasteiger partial charge < -0.3 is 15.1 Å². The van der Waals surface area contributed by atoms with Gasteiger partial charge in [-0.05, 0) is 38.8 Å². The number of aryl methyl sites for hydroxylation is 1. The third kappa shape index (κ3) is 2.95. The van der Waals surface area contributed by atoms with Gasteiger partial charge in [-0.3, -0.25) is 4.79 Å². The largest absolute Gasteiger partial charge is 0.442 e. The zero-order chi connectivity index (χ0) is 17.3. The molecule has 0 atom stereocenters. The molecule has 124 valence electrons. The topological polar surface area (TPSA) is 80.1 Å². The predicted molar refractivity (Wildman–Crippen MR) is 93.7 cm³/mol. The summed E-state index contributed by atoms with van der Waals surface area (Å²) in [6.07, 6.45) is 8.38. The minimum atomic E-state index is -0.293. The summed E-state index contributed by atoms with van der Waals surface area (Å²) >= 11 is 0. The molecule has 1 fully saturated rings. The maximum atomic E-state index is 12.7. The quantitative estimate of drug-likeness (QED) is 0.795. The Kier molecular flexibility index (Phi) is 3.97. The van der Waals surface area contributed by atoms with Crippen molar-refractivity contribution < 1.29 is 9.21 Å². The summed E-state index contributed by atoms with van der Waals surface area (Å²) in [7, 11) is 0. The molecule has 2 aromatic rings. The lowest BCUT2D eigenvalue weighted by molar-refractivity contribution is 0.0967. The van der Waals surface area contributed by atoms with E-state index in [1.807, 2.05) is 0 Å². The minimum Gasteiger partial charge on any atom is -0.442 e. The number of anilines is 1. The van der Waals surface area contributed by atoms with Gasteiger partial charge in [-0.2, -0.15) is 0 Å². The molecule has 0 aromatic carbocycles. The number of aromatic nitrogens is 2. The van der Waals surface area contributed by atoms with Crippen LogP contribution < -0.4 is 10.6 Å². The zero-order valence-electron chi connectivity index (χ0n) is 13.8. The van der Waals surface area contributed by atoms with E-state index in [4.69, 9.17) is 4.42 Å². The summed E-state index contributed by atoms with van der Waals surface area (Å²) in [5.41, 5.74) is 1.40. The van der Waals surface area contributed by atoms with Crippen LogP contribution in [0, 0.1) is 6.92 Å². The van der Waals surface area contributed by atoms with Gasteiger partial charge in [-0.1, -0.05) is 19.2 Å². The van der Waals surface area contributed by atoms with Gasteiger partial charge in [-0.15, -0.1) is 0 Å². The van der Waals surface area contributed by atoms with Crippen LogP contribution in [0.15, 0.2) is 47.8 Å². The number of hydrogen-bond donors (Lipinski definition) is 2. The Morgan fingerprint density at radius 1 is 1.38 bits per heavy atom. The van der Waals surface area contributed by atoms with E-state index in [2.05, 4.69) is 40.7 Å². The highest BCUT2D eigenvalue weighted by Crippen LogP contribution is 2.40. The number of amides is 1. The molecule has 0 bridgehead atoms. The molecule has 0 unspecified atom stereocenters. The number of carbonyl (C=O) groups excluding carboxylic acids is 1. The molecule has 1 saturated carbocycles. The van der Waals surface area contributed by atoms with Crippen molar-refractivity contribution in [3.8, 4) is 0 Å². The van der Waals surface area contributed by atoms with Gasteiger partial charge in [0, 0.05) is 11.2 Å². The summed E-state index contributed by atoms with van der Waals surface area (Å²) < 4.78 is 5.65. The smallest absolute Gasteiger partial charge is 0.260 e. The molecule has 1 aliphatic carbocycles. The second kappa shape index (κ2) is 5.96. The molecule has 2 heterocycles. The standard InChI is InChI=1S/C18H20N4O2/c1-5-7-12(6-2)21-16(23)13-11(3)24-17-14(13)15(19-10-20-17)22-18(4)8-9-18/h5-7,10H,1-2,8-9H2,3-4H3,(H,21,23)(H,19,20,22)/b12-7+. The van der Waals surface area contributed by atoms with Crippen LogP contribution in [0.4, 0.5) is 5.82 Å². The molecule has 2 aromatic heterocycles. The molecule has 0 spiro atoms. The van der Waals surface area contributed by atoms with Crippen molar-refractivity contribution in [2.24, 2.45) is 0 Å². The van der Waals surface area contributed by atoms with Gasteiger partial charge in [0.1, 0.15) is 17.9 Å². The maximum absolute atomic E-state index is 12.7. The highest BCUT2D eigenvalue weighted by atomic mass is 16.3. The second-order valence-corrected chi connectivity index (χ2v) is 6.14. The fraction of sp³-hybridized carbons (Fsp3) is 0.278. The first-order valence-electron chi connectivity index (χ1n) is 7.76. The monoisotopic (exact) mass is 324 g/mol. The van der Waals surface area contributed by atoms with Crippen molar-refractivity contribution in [1.29, 1.82) is 0 Å². The number of fused-ring (bicyclic) bond motifs is 1. The number of nitrogens with one attached hydrogen (secondary N) is 2. The molecule has 6 nitrogen and oxygen atoms in total. The van der Waals surface area contributed by atoms with E-state index in [1.165, 1.54) is 6.33 Å². The van der Waals surface area contributed by atoms with Crippen LogP contribution in [0.25, 0.3) is 11.1 Å². The molecule has 0 radical (unpaired) electrons. The average Bonchev–Trinajstić information content (AvgIpc) is 3.15. The first-order valence-corrected chi connectivity index (χ1v) is 7.76. The Hall–Kier alpha value is -2.89. The van der Waals surface area contributed by atoms with Crippen LogP contribution in [0.1, 0.15) is 35.9 Å². The van der Waals surface area contributed by atoms with Gasteiger partial charge in [0.05, 0.1) is 10.9 Å². The van der Waals surface area contributed by atoms with Crippen LogP contribution in [-0.2, 0) is 0 Å². The van der Waals surface area contributed by atoms with Crippen LogP contribution in [0.2, 0.25) is 0 Å². The molecular weight excluding hydrogens is 304 g/mol. The Labute approximate surface area is 140 Å². The molecule has 3 rings (SSSR count). The van der Waals surface area contributed by atoms with Gasteiger partial charge >= 0.3 is 0 Å². The number of carbonyl (C=O) groups is 1. The van der Waals surface area contributed by atoms with Gasteiger partial charge in [-0.25, -0.2) is 9.97 Å². The fourth-order valence-electron chi connectivity index (χ4n) is 2.49. The van der Waals surface area contributed by atoms with E-state index in [0.717, 1.165) is 12.8 Å². The number of hydrogen-bond acceptors (Lipinski definition) is 5. The molecule has 1 aliphatic rings.